The van der Waals surface area contributed by atoms with Gasteiger partial charge < -0.3 is 4.98 Å². The fraction of sp³-hybridized carbons (Fsp3) is 0.0870. The molecule has 27 heavy (non-hydrogen) atoms. The molecular formula is C23H16FNOS. The largest absolute Gasteiger partial charge is 0.312 e. The molecule has 1 heterocycles. The van der Waals surface area contributed by atoms with Gasteiger partial charge in [-0.3, -0.25) is 4.79 Å². The van der Waals surface area contributed by atoms with Crippen LogP contribution >= 0.6 is 11.3 Å². The summed E-state index contributed by atoms with van der Waals surface area (Å²) in [5.74, 6) is -0.198. The summed E-state index contributed by atoms with van der Waals surface area (Å²) in [5, 5.41) is 0. The third-order valence-electron chi connectivity index (χ3n) is 5.08. The van der Waals surface area contributed by atoms with Gasteiger partial charge in [-0.25, -0.2) is 4.39 Å². The first-order chi connectivity index (χ1) is 13.2. The van der Waals surface area contributed by atoms with Gasteiger partial charge in [0.2, 0.25) is 0 Å². The first-order valence-electron chi connectivity index (χ1n) is 8.89. The number of hydrogen-bond donors (Lipinski definition) is 1. The van der Waals surface area contributed by atoms with E-state index in [1.807, 2.05) is 30.3 Å². The van der Waals surface area contributed by atoms with Crippen LogP contribution in [0.5, 0.6) is 0 Å². The Bertz CT molecular complexity index is 1260. The zero-order valence-corrected chi connectivity index (χ0v) is 15.3. The second-order valence-electron chi connectivity index (χ2n) is 6.79. The molecule has 0 aliphatic heterocycles. The Morgan fingerprint density at radius 2 is 1.74 bits per heavy atom. The van der Waals surface area contributed by atoms with Crippen LogP contribution in [0.3, 0.4) is 0 Å². The Hall–Kier alpha value is -2.98. The summed E-state index contributed by atoms with van der Waals surface area (Å²) in [5.41, 5.74) is 7.50. The first-order valence-corrected chi connectivity index (χ1v) is 9.71. The number of H-pyrrole nitrogens is 1. The topological polar surface area (TPSA) is 32.9 Å². The highest BCUT2D eigenvalue weighted by Gasteiger charge is 2.18. The zero-order chi connectivity index (χ0) is 18.4. The summed E-state index contributed by atoms with van der Waals surface area (Å²) in [6.07, 6.45) is 3.84. The SMILES string of the molecule is O=c1[nH]c2cc(/C=C3/c4ccccc4CCc4cc(F)ccc43)ccc2s1. The maximum absolute atomic E-state index is 13.8. The van der Waals surface area contributed by atoms with Gasteiger partial charge in [0, 0.05) is 0 Å². The summed E-state index contributed by atoms with van der Waals surface area (Å²) in [4.78, 5) is 14.4. The standard InChI is InChI=1S/C23H16FNOS/c24-17-8-9-19-16(13-17)7-6-15-3-1-2-4-18(15)20(19)11-14-5-10-22-21(12-14)25-23(26)27-22/h1-5,8-13H,6-7H2,(H,25,26)/b20-11-. The Labute approximate surface area is 159 Å². The summed E-state index contributed by atoms with van der Waals surface area (Å²) in [6.45, 7) is 0. The van der Waals surface area contributed by atoms with Crippen LogP contribution < -0.4 is 4.87 Å². The van der Waals surface area contributed by atoms with E-state index in [0.717, 1.165) is 45.3 Å². The molecule has 5 rings (SSSR count). The minimum Gasteiger partial charge on any atom is -0.312 e. The number of nitrogens with one attached hydrogen (secondary N) is 1. The molecule has 1 aliphatic carbocycles. The second-order valence-corrected chi connectivity index (χ2v) is 7.80. The summed E-state index contributed by atoms with van der Waals surface area (Å²) >= 11 is 1.22. The van der Waals surface area contributed by atoms with Gasteiger partial charge in [0.25, 0.3) is 0 Å². The molecular weight excluding hydrogens is 357 g/mol. The maximum Gasteiger partial charge on any atom is 0.305 e. The zero-order valence-electron chi connectivity index (χ0n) is 14.5. The van der Waals surface area contributed by atoms with Crippen LogP contribution in [0.1, 0.15) is 27.8 Å². The molecule has 132 valence electrons. The number of rotatable bonds is 1. The van der Waals surface area contributed by atoms with Crippen molar-refractivity contribution in [1.82, 2.24) is 4.98 Å². The van der Waals surface area contributed by atoms with Gasteiger partial charge >= 0.3 is 4.87 Å². The van der Waals surface area contributed by atoms with Crippen molar-refractivity contribution >= 4 is 33.2 Å². The lowest BCUT2D eigenvalue weighted by molar-refractivity contribution is 0.625. The molecule has 0 fully saturated rings. The number of aromatic nitrogens is 1. The highest BCUT2D eigenvalue weighted by Crippen LogP contribution is 2.35. The molecule has 0 radical (unpaired) electrons. The monoisotopic (exact) mass is 373 g/mol. The first kappa shape index (κ1) is 16.2. The maximum atomic E-state index is 13.8. The van der Waals surface area contributed by atoms with Crippen LogP contribution in [0.15, 0.2) is 65.5 Å². The highest BCUT2D eigenvalue weighted by atomic mass is 32.1. The van der Waals surface area contributed by atoms with Gasteiger partial charge in [0.15, 0.2) is 0 Å². The number of aryl methyl sites for hydroxylation is 2. The molecule has 1 aliphatic rings. The van der Waals surface area contributed by atoms with E-state index in [0.29, 0.717) is 0 Å². The Balaban J connectivity index is 1.75. The van der Waals surface area contributed by atoms with Crippen molar-refractivity contribution in [3.8, 4) is 0 Å². The number of halogens is 1. The molecule has 0 bridgehead atoms. The Morgan fingerprint density at radius 3 is 2.67 bits per heavy atom. The predicted molar refractivity (Wildman–Crippen MR) is 110 cm³/mol. The van der Waals surface area contributed by atoms with Crippen molar-refractivity contribution in [2.75, 3.05) is 0 Å². The lowest BCUT2D eigenvalue weighted by atomic mass is 9.92. The van der Waals surface area contributed by atoms with Crippen molar-refractivity contribution in [3.05, 3.63) is 104 Å². The van der Waals surface area contributed by atoms with Gasteiger partial charge in [-0.15, -0.1) is 0 Å². The summed E-state index contributed by atoms with van der Waals surface area (Å²) in [6, 6.07) is 19.4. The van der Waals surface area contributed by atoms with Gasteiger partial charge in [0.05, 0.1) is 10.2 Å². The molecule has 4 aromatic rings. The molecule has 0 amide bonds. The normalized spacial score (nSPS) is 14.8. The van der Waals surface area contributed by atoms with Crippen molar-refractivity contribution in [1.29, 1.82) is 0 Å². The highest BCUT2D eigenvalue weighted by molar-refractivity contribution is 7.16. The lowest BCUT2D eigenvalue weighted by Gasteiger charge is -2.12. The molecule has 1 aromatic heterocycles. The van der Waals surface area contributed by atoms with Gasteiger partial charge in [-0.2, -0.15) is 0 Å². The van der Waals surface area contributed by atoms with E-state index in [4.69, 9.17) is 0 Å². The third kappa shape index (κ3) is 2.92. The summed E-state index contributed by atoms with van der Waals surface area (Å²) in [7, 11) is 0. The van der Waals surface area contributed by atoms with Gasteiger partial charge in [-0.05, 0) is 76.6 Å². The Kier molecular flexibility index (Phi) is 3.80. The number of aromatic amines is 1. The van der Waals surface area contributed by atoms with E-state index in [2.05, 4.69) is 29.3 Å². The van der Waals surface area contributed by atoms with Crippen molar-refractivity contribution in [2.24, 2.45) is 0 Å². The van der Waals surface area contributed by atoms with E-state index >= 15 is 0 Å². The number of thiazole rings is 1. The van der Waals surface area contributed by atoms with E-state index in [1.54, 1.807) is 6.07 Å². The Morgan fingerprint density at radius 1 is 0.926 bits per heavy atom. The van der Waals surface area contributed by atoms with E-state index in [1.165, 1.54) is 28.5 Å². The van der Waals surface area contributed by atoms with Crippen LogP contribution in [-0.4, -0.2) is 4.98 Å². The van der Waals surface area contributed by atoms with E-state index in [-0.39, 0.29) is 10.7 Å². The van der Waals surface area contributed by atoms with Crippen molar-refractivity contribution in [3.63, 3.8) is 0 Å². The number of hydrogen-bond acceptors (Lipinski definition) is 2. The average molecular weight is 373 g/mol. The molecule has 0 atom stereocenters. The fourth-order valence-corrected chi connectivity index (χ4v) is 4.55. The van der Waals surface area contributed by atoms with E-state index < -0.39 is 0 Å². The van der Waals surface area contributed by atoms with Crippen LogP contribution in [-0.2, 0) is 12.8 Å². The second kappa shape index (κ2) is 6.32. The van der Waals surface area contributed by atoms with Crippen LogP contribution in [0.2, 0.25) is 0 Å². The molecule has 0 spiro atoms. The fourth-order valence-electron chi connectivity index (χ4n) is 3.83. The average Bonchev–Trinajstić information content (AvgIpc) is 2.97. The molecule has 0 unspecified atom stereocenters. The molecule has 4 heteroatoms. The number of benzene rings is 3. The smallest absolute Gasteiger partial charge is 0.305 e. The third-order valence-corrected chi connectivity index (χ3v) is 5.95. The quantitative estimate of drug-likeness (QED) is 0.475. The summed E-state index contributed by atoms with van der Waals surface area (Å²) < 4.78 is 14.8. The lowest BCUT2D eigenvalue weighted by Crippen LogP contribution is -1.94. The molecule has 2 nitrogen and oxygen atoms in total. The predicted octanol–water partition coefficient (Wildman–Crippen LogP) is 5.42. The number of fused-ring (bicyclic) bond motifs is 3. The van der Waals surface area contributed by atoms with Crippen LogP contribution in [0.4, 0.5) is 4.39 Å². The molecule has 1 N–H and O–H groups in total. The van der Waals surface area contributed by atoms with Gasteiger partial charge in [0.1, 0.15) is 5.82 Å². The van der Waals surface area contributed by atoms with Crippen LogP contribution in [0, 0.1) is 5.82 Å². The minimum atomic E-state index is -0.198. The van der Waals surface area contributed by atoms with Crippen molar-refractivity contribution in [2.45, 2.75) is 12.8 Å². The minimum absolute atomic E-state index is 0.0459. The molecule has 0 saturated heterocycles. The van der Waals surface area contributed by atoms with E-state index in [9.17, 15) is 9.18 Å². The van der Waals surface area contributed by atoms with Gasteiger partial charge in [-0.1, -0.05) is 47.7 Å². The molecule has 3 aromatic carbocycles. The van der Waals surface area contributed by atoms with Crippen LogP contribution in [0.25, 0.3) is 21.9 Å². The molecule has 0 saturated carbocycles. The van der Waals surface area contributed by atoms with Crippen molar-refractivity contribution < 1.29 is 4.39 Å².